The summed E-state index contributed by atoms with van der Waals surface area (Å²) in [6.45, 7) is 4.22. The zero-order valence-electron chi connectivity index (χ0n) is 15.0. The number of hydrogen-bond acceptors (Lipinski definition) is 3. The fourth-order valence-electron chi connectivity index (χ4n) is 2.94. The van der Waals surface area contributed by atoms with Crippen molar-refractivity contribution in [2.45, 2.75) is 71.3 Å². The largest absolute Gasteiger partial charge is 0.388 e. The monoisotopic (exact) mass is 326 g/mol. The molecule has 0 spiro atoms. The molecule has 3 heteroatoms. The molecular weight excluding hydrogens is 296 g/mol. The molecule has 3 nitrogen and oxygen atoms in total. The Labute approximate surface area is 146 Å². The average Bonchev–Trinajstić information content (AvgIpc) is 2.64. The van der Waals surface area contributed by atoms with Gasteiger partial charge in [0.1, 0.15) is 0 Å². The third-order valence-corrected chi connectivity index (χ3v) is 4.47. The van der Waals surface area contributed by atoms with Crippen molar-refractivity contribution in [2.24, 2.45) is 0 Å². The number of aliphatic hydroxyl groups excluding tert-OH is 1. The molecule has 0 amide bonds. The van der Waals surface area contributed by atoms with Gasteiger partial charge in [0.25, 0.3) is 0 Å². The topological polar surface area (TPSA) is 46.0 Å². The summed E-state index contributed by atoms with van der Waals surface area (Å²) in [7, 11) is 0. The van der Waals surface area contributed by atoms with Gasteiger partial charge in [-0.3, -0.25) is 0 Å². The molecule has 1 aromatic carbocycles. The zero-order valence-corrected chi connectivity index (χ0v) is 15.0. The third kappa shape index (κ3) is 5.41. The van der Waals surface area contributed by atoms with Gasteiger partial charge in [0, 0.05) is 18.0 Å². The van der Waals surface area contributed by atoms with Gasteiger partial charge in [-0.25, -0.2) is 9.97 Å². The Morgan fingerprint density at radius 1 is 0.917 bits per heavy atom. The number of aliphatic hydroxyl groups is 1. The molecule has 1 aromatic heterocycles. The van der Waals surface area contributed by atoms with Gasteiger partial charge in [-0.15, -0.1) is 0 Å². The van der Waals surface area contributed by atoms with Crippen molar-refractivity contribution < 1.29 is 5.11 Å². The fraction of sp³-hybridized carbons (Fsp3) is 0.524. The van der Waals surface area contributed by atoms with E-state index in [2.05, 4.69) is 16.9 Å². The van der Waals surface area contributed by atoms with Crippen LogP contribution in [0.2, 0.25) is 0 Å². The Hall–Kier alpha value is -1.74. The molecule has 2 aromatic rings. The van der Waals surface area contributed by atoms with Crippen LogP contribution in [0.4, 0.5) is 0 Å². The minimum Gasteiger partial charge on any atom is -0.388 e. The second kappa shape index (κ2) is 10.2. The summed E-state index contributed by atoms with van der Waals surface area (Å²) < 4.78 is 0. The Morgan fingerprint density at radius 3 is 2.29 bits per heavy atom. The first-order valence-electron chi connectivity index (χ1n) is 9.34. The van der Waals surface area contributed by atoms with Crippen molar-refractivity contribution in [1.82, 2.24) is 9.97 Å². The number of rotatable bonds is 10. The summed E-state index contributed by atoms with van der Waals surface area (Å²) in [4.78, 5) is 9.06. The van der Waals surface area contributed by atoms with Gasteiger partial charge in [0.15, 0.2) is 5.82 Å². The van der Waals surface area contributed by atoms with Crippen molar-refractivity contribution in [3.8, 4) is 11.4 Å². The van der Waals surface area contributed by atoms with E-state index in [1.165, 1.54) is 44.1 Å². The number of aromatic nitrogens is 2. The predicted molar refractivity (Wildman–Crippen MR) is 99.8 cm³/mol. The normalized spacial score (nSPS) is 12.3. The molecule has 2 rings (SSSR count). The summed E-state index contributed by atoms with van der Waals surface area (Å²) in [6, 6.07) is 7.85. The van der Waals surface area contributed by atoms with E-state index >= 15 is 0 Å². The Kier molecular flexibility index (Phi) is 7.90. The van der Waals surface area contributed by atoms with Gasteiger partial charge in [-0.05, 0) is 30.4 Å². The van der Waals surface area contributed by atoms with Crippen molar-refractivity contribution in [3.05, 3.63) is 47.8 Å². The molecule has 0 bridgehead atoms. The lowest BCUT2D eigenvalue weighted by Crippen LogP contribution is -2.01. The van der Waals surface area contributed by atoms with Gasteiger partial charge < -0.3 is 5.11 Å². The van der Waals surface area contributed by atoms with Crippen LogP contribution in [0.15, 0.2) is 36.7 Å². The lowest BCUT2D eigenvalue weighted by atomic mass is 10.00. The van der Waals surface area contributed by atoms with Crippen molar-refractivity contribution in [1.29, 1.82) is 0 Å². The highest BCUT2D eigenvalue weighted by atomic mass is 16.3. The van der Waals surface area contributed by atoms with E-state index in [0.717, 1.165) is 17.5 Å². The summed E-state index contributed by atoms with van der Waals surface area (Å²) in [5, 5.41) is 10.2. The first-order chi connectivity index (χ1) is 11.8. The lowest BCUT2D eigenvalue weighted by molar-refractivity contribution is 0.174. The van der Waals surface area contributed by atoms with Crippen molar-refractivity contribution in [3.63, 3.8) is 0 Å². The molecule has 1 heterocycles. The van der Waals surface area contributed by atoms with E-state index < -0.39 is 6.10 Å². The predicted octanol–water partition coefficient (Wildman–Crippen LogP) is 5.49. The van der Waals surface area contributed by atoms with Gasteiger partial charge in [0.05, 0.1) is 6.10 Å². The number of hydrogen-bond donors (Lipinski definition) is 1. The van der Waals surface area contributed by atoms with Gasteiger partial charge in [0.2, 0.25) is 0 Å². The van der Waals surface area contributed by atoms with Crippen molar-refractivity contribution in [2.75, 3.05) is 0 Å². The van der Waals surface area contributed by atoms with Crippen LogP contribution in [0.1, 0.15) is 76.0 Å². The van der Waals surface area contributed by atoms with Gasteiger partial charge in [-0.1, -0.05) is 70.2 Å². The van der Waals surface area contributed by atoms with Gasteiger partial charge >= 0.3 is 0 Å². The third-order valence-electron chi connectivity index (χ3n) is 4.47. The van der Waals surface area contributed by atoms with Crippen LogP contribution in [-0.2, 0) is 6.42 Å². The van der Waals surface area contributed by atoms with Crippen LogP contribution in [0.25, 0.3) is 11.4 Å². The fourth-order valence-corrected chi connectivity index (χ4v) is 2.94. The number of nitrogens with zero attached hydrogens (tertiary/aromatic N) is 2. The van der Waals surface area contributed by atoms with E-state index in [1.807, 2.05) is 43.6 Å². The molecule has 24 heavy (non-hydrogen) atoms. The maximum absolute atomic E-state index is 10.2. The molecule has 0 saturated heterocycles. The first kappa shape index (κ1) is 18.6. The lowest BCUT2D eigenvalue weighted by Gasteiger charge is -2.13. The van der Waals surface area contributed by atoms with Crippen LogP contribution >= 0.6 is 0 Å². The quantitative estimate of drug-likeness (QED) is 0.587. The minimum atomic E-state index is -0.465. The molecule has 1 N–H and O–H groups in total. The molecule has 0 aliphatic rings. The highest BCUT2D eigenvalue weighted by molar-refractivity contribution is 5.60. The van der Waals surface area contributed by atoms with Crippen LogP contribution in [0.3, 0.4) is 0 Å². The smallest absolute Gasteiger partial charge is 0.159 e. The maximum atomic E-state index is 10.2. The van der Waals surface area contributed by atoms with E-state index in [0.29, 0.717) is 12.2 Å². The van der Waals surface area contributed by atoms with Crippen LogP contribution < -0.4 is 0 Å². The molecule has 0 saturated carbocycles. The molecule has 130 valence electrons. The van der Waals surface area contributed by atoms with E-state index in [1.54, 1.807) is 0 Å². The summed E-state index contributed by atoms with van der Waals surface area (Å²) >= 11 is 0. The Bertz CT molecular complexity index is 595. The second-order valence-corrected chi connectivity index (χ2v) is 6.44. The Morgan fingerprint density at radius 2 is 1.58 bits per heavy atom. The molecule has 0 radical (unpaired) electrons. The Balaban J connectivity index is 1.95. The highest BCUT2D eigenvalue weighted by Crippen LogP contribution is 2.27. The summed E-state index contributed by atoms with van der Waals surface area (Å²) in [6.07, 6.45) is 12.9. The number of benzene rings is 1. The summed E-state index contributed by atoms with van der Waals surface area (Å²) in [5.41, 5.74) is 3.03. The minimum absolute atomic E-state index is 0.465. The average molecular weight is 326 g/mol. The second-order valence-electron chi connectivity index (χ2n) is 6.44. The molecule has 0 aliphatic heterocycles. The zero-order chi connectivity index (χ0) is 17.2. The molecule has 0 fully saturated rings. The standard InChI is InChI=1S/C21H30N2O/c1-3-5-6-7-8-9-12-17-15-22-21(23-16-17)19-14-11-10-13-18(19)20(24)4-2/h10-11,13-16,20,24H,3-9,12H2,1-2H3. The number of unbranched alkanes of at least 4 members (excludes halogenated alkanes) is 5. The molecular formula is C21H30N2O. The maximum Gasteiger partial charge on any atom is 0.159 e. The summed E-state index contributed by atoms with van der Waals surface area (Å²) in [5.74, 6) is 0.699. The van der Waals surface area contributed by atoms with Crippen LogP contribution in [0, 0.1) is 0 Å². The van der Waals surface area contributed by atoms with Gasteiger partial charge in [-0.2, -0.15) is 0 Å². The molecule has 1 unspecified atom stereocenters. The highest BCUT2D eigenvalue weighted by Gasteiger charge is 2.13. The molecule has 0 aliphatic carbocycles. The van der Waals surface area contributed by atoms with E-state index in [4.69, 9.17) is 0 Å². The van der Waals surface area contributed by atoms with E-state index in [-0.39, 0.29) is 0 Å². The van der Waals surface area contributed by atoms with Crippen molar-refractivity contribution >= 4 is 0 Å². The first-order valence-corrected chi connectivity index (χ1v) is 9.34. The van der Waals surface area contributed by atoms with Crippen LogP contribution in [0.5, 0.6) is 0 Å². The number of aryl methyl sites for hydroxylation is 1. The SMILES string of the molecule is CCCCCCCCc1cnc(-c2ccccc2C(O)CC)nc1. The van der Waals surface area contributed by atoms with Crippen LogP contribution in [-0.4, -0.2) is 15.1 Å². The van der Waals surface area contributed by atoms with E-state index in [9.17, 15) is 5.11 Å². The molecule has 1 atom stereocenters.